The lowest BCUT2D eigenvalue weighted by Crippen LogP contribution is -2.18. The first kappa shape index (κ1) is 15.2. The van der Waals surface area contributed by atoms with Gasteiger partial charge in [-0.1, -0.05) is 0 Å². The average Bonchev–Trinajstić information content (AvgIpc) is 2.29. The molecule has 1 aromatic rings. The number of carbonyl (C=O) groups excluding carboxylic acids is 1. The fraction of sp³-hybridized carbons (Fsp3) is 0.333. The van der Waals surface area contributed by atoms with E-state index in [4.69, 9.17) is 10.8 Å². The van der Waals surface area contributed by atoms with Crippen molar-refractivity contribution in [1.29, 1.82) is 0 Å². The number of aromatic carboxylic acids is 1. The molecule has 0 unspecified atom stereocenters. The highest BCUT2D eigenvalue weighted by atomic mass is 32.2. The van der Waals surface area contributed by atoms with Crippen LogP contribution >= 0.6 is 0 Å². The molecule has 0 aliphatic carbocycles. The molecule has 19 heavy (non-hydrogen) atoms. The predicted octanol–water partition coefficient (Wildman–Crippen LogP) is 0.651. The molecule has 6 nitrogen and oxygen atoms in total. The number of carboxylic acids is 1. The fourth-order valence-electron chi connectivity index (χ4n) is 1.62. The quantitative estimate of drug-likeness (QED) is 0.824. The third kappa shape index (κ3) is 3.54. The molecule has 0 radical (unpaired) electrons. The summed E-state index contributed by atoms with van der Waals surface area (Å²) in [6.45, 7) is 3.23. The van der Waals surface area contributed by atoms with Crippen LogP contribution < -0.4 is 5.73 Å². The van der Waals surface area contributed by atoms with E-state index in [9.17, 15) is 18.0 Å². The largest absolute Gasteiger partial charge is 0.478 e. The van der Waals surface area contributed by atoms with E-state index in [1.807, 2.05) is 0 Å². The zero-order valence-corrected chi connectivity index (χ0v) is 11.5. The van der Waals surface area contributed by atoms with E-state index in [2.05, 4.69) is 0 Å². The Hall–Kier alpha value is -1.89. The number of aryl methyl sites for hydroxylation is 1. The molecule has 0 bridgehead atoms. The maximum absolute atomic E-state index is 12.1. The number of benzene rings is 1. The number of primary amides is 1. The summed E-state index contributed by atoms with van der Waals surface area (Å²) in [6.07, 6.45) is -0.294. The van der Waals surface area contributed by atoms with Crippen LogP contribution in [0.5, 0.6) is 0 Å². The highest BCUT2D eigenvalue weighted by Crippen LogP contribution is 2.22. The molecule has 0 heterocycles. The van der Waals surface area contributed by atoms with Crippen molar-refractivity contribution in [2.45, 2.75) is 25.2 Å². The van der Waals surface area contributed by atoms with Gasteiger partial charge in [0.05, 0.1) is 16.2 Å². The van der Waals surface area contributed by atoms with Gasteiger partial charge in [0.2, 0.25) is 5.91 Å². The number of rotatable bonds is 5. The average molecular weight is 285 g/mol. The Kier molecular flexibility index (Phi) is 4.31. The van der Waals surface area contributed by atoms with Crippen molar-refractivity contribution in [3.05, 3.63) is 28.8 Å². The first-order valence-electron chi connectivity index (χ1n) is 5.50. The van der Waals surface area contributed by atoms with Crippen LogP contribution in [0.1, 0.15) is 27.9 Å². The van der Waals surface area contributed by atoms with Gasteiger partial charge in [0, 0.05) is 6.42 Å². The Labute approximate surface area is 111 Å². The summed E-state index contributed by atoms with van der Waals surface area (Å²) in [4.78, 5) is 21.5. The van der Waals surface area contributed by atoms with Gasteiger partial charge in [-0.3, -0.25) is 4.79 Å². The van der Waals surface area contributed by atoms with Crippen molar-refractivity contribution < 1.29 is 23.1 Å². The second-order valence-corrected chi connectivity index (χ2v) is 6.33. The second kappa shape index (κ2) is 5.40. The zero-order chi connectivity index (χ0) is 14.8. The number of carboxylic acid groups (broad SMARTS) is 1. The normalized spacial score (nSPS) is 11.3. The number of hydrogen-bond donors (Lipinski definition) is 2. The zero-order valence-electron chi connectivity index (χ0n) is 10.6. The number of sulfone groups is 1. The van der Waals surface area contributed by atoms with Gasteiger partial charge < -0.3 is 10.8 Å². The van der Waals surface area contributed by atoms with Crippen LogP contribution in [-0.4, -0.2) is 31.2 Å². The van der Waals surface area contributed by atoms with Gasteiger partial charge >= 0.3 is 5.97 Å². The van der Waals surface area contributed by atoms with E-state index in [-0.39, 0.29) is 16.9 Å². The maximum Gasteiger partial charge on any atom is 0.335 e. The van der Waals surface area contributed by atoms with Crippen LogP contribution in [0.3, 0.4) is 0 Å². The van der Waals surface area contributed by atoms with Crippen LogP contribution in [0.4, 0.5) is 0 Å². The van der Waals surface area contributed by atoms with E-state index in [0.717, 1.165) is 6.07 Å². The highest BCUT2D eigenvalue weighted by Gasteiger charge is 2.21. The van der Waals surface area contributed by atoms with Gasteiger partial charge in [-0.25, -0.2) is 13.2 Å². The van der Waals surface area contributed by atoms with E-state index >= 15 is 0 Å². The first-order valence-corrected chi connectivity index (χ1v) is 7.16. The lowest BCUT2D eigenvalue weighted by atomic mass is 10.1. The Bertz CT molecular complexity index is 634. The molecule has 1 amide bonds. The summed E-state index contributed by atoms with van der Waals surface area (Å²) < 4.78 is 24.2. The molecule has 0 aromatic heterocycles. The summed E-state index contributed by atoms with van der Waals surface area (Å²) in [7, 11) is -3.73. The Morgan fingerprint density at radius 3 is 2.32 bits per heavy atom. The van der Waals surface area contributed by atoms with Gasteiger partial charge in [-0.15, -0.1) is 0 Å². The van der Waals surface area contributed by atoms with Crippen molar-refractivity contribution >= 4 is 21.7 Å². The standard InChI is InChI=1S/C12H15NO5S/c1-7-5-9(12(15)16)6-10(8(7)2)19(17,18)4-3-11(13)14/h5-6H,3-4H2,1-2H3,(H2,13,14)(H,15,16). The van der Waals surface area contributed by atoms with Gasteiger partial charge in [-0.2, -0.15) is 0 Å². The SMILES string of the molecule is Cc1cc(C(=O)O)cc(S(=O)(=O)CCC(N)=O)c1C. The summed E-state index contributed by atoms with van der Waals surface area (Å²) >= 11 is 0. The smallest absolute Gasteiger partial charge is 0.335 e. The molecule has 0 aliphatic heterocycles. The Morgan fingerprint density at radius 2 is 1.84 bits per heavy atom. The minimum Gasteiger partial charge on any atom is -0.478 e. The minimum absolute atomic E-state index is 0.0637. The van der Waals surface area contributed by atoms with E-state index in [1.165, 1.54) is 6.07 Å². The number of carbonyl (C=O) groups is 2. The molecule has 0 aliphatic rings. The maximum atomic E-state index is 12.1. The summed E-state index contributed by atoms with van der Waals surface area (Å²) in [5.74, 6) is -2.34. The molecule has 7 heteroatoms. The van der Waals surface area contributed by atoms with Gasteiger partial charge in [-0.05, 0) is 37.1 Å². The molecular formula is C12H15NO5S. The monoisotopic (exact) mass is 285 g/mol. The molecule has 0 saturated heterocycles. The molecule has 1 aromatic carbocycles. The first-order chi connectivity index (χ1) is 8.65. The number of hydrogen-bond acceptors (Lipinski definition) is 4. The van der Waals surface area contributed by atoms with Crippen molar-refractivity contribution in [2.24, 2.45) is 5.73 Å². The van der Waals surface area contributed by atoms with E-state index < -0.39 is 27.5 Å². The third-order valence-electron chi connectivity index (χ3n) is 2.82. The predicted molar refractivity (Wildman–Crippen MR) is 68.7 cm³/mol. The molecule has 0 saturated carbocycles. The van der Waals surface area contributed by atoms with Gasteiger partial charge in [0.25, 0.3) is 0 Å². The molecule has 1 rings (SSSR count). The van der Waals surface area contributed by atoms with Gasteiger partial charge in [0.1, 0.15) is 0 Å². The molecule has 104 valence electrons. The van der Waals surface area contributed by atoms with Crippen LogP contribution in [0.2, 0.25) is 0 Å². The lowest BCUT2D eigenvalue weighted by Gasteiger charge is -2.11. The highest BCUT2D eigenvalue weighted by molar-refractivity contribution is 7.91. The molecule has 0 spiro atoms. The van der Waals surface area contributed by atoms with E-state index in [1.54, 1.807) is 13.8 Å². The second-order valence-electron chi connectivity index (χ2n) is 4.26. The van der Waals surface area contributed by atoms with Crippen molar-refractivity contribution in [3.63, 3.8) is 0 Å². The van der Waals surface area contributed by atoms with Crippen molar-refractivity contribution in [3.8, 4) is 0 Å². The van der Waals surface area contributed by atoms with Crippen molar-refractivity contribution in [1.82, 2.24) is 0 Å². The summed E-state index contributed by atoms with van der Waals surface area (Å²) in [6, 6.07) is 2.52. The molecular weight excluding hydrogens is 270 g/mol. The topological polar surface area (TPSA) is 115 Å². The third-order valence-corrected chi connectivity index (χ3v) is 4.65. The molecule has 0 fully saturated rings. The van der Waals surface area contributed by atoms with Crippen LogP contribution in [0.25, 0.3) is 0 Å². The summed E-state index contributed by atoms with van der Waals surface area (Å²) in [5, 5.41) is 8.94. The van der Waals surface area contributed by atoms with Crippen LogP contribution in [0.15, 0.2) is 17.0 Å². The lowest BCUT2D eigenvalue weighted by molar-refractivity contribution is -0.117. The minimum atomic E-state index is -3.73. The summed E-state index contributed by atoms with van der Waals surface area (Å²) in [5.41, 5.74) is 5.88. The van der Waals surface area contributed by atoms with Crippen LogP contribution in [0, 0.1) is 13.8 Å². The molecule has 0 atom stereocenters. The number of amides is 1. The van der Waals surface area contributed by atoms with Gasteiger partial charge in [0.15, 0.2) is 9.84 Å². The molecule has 3 N–H and O–H groups in total. The van der Waals surface area contributed by atoms with Crippen LogP contribution in [-0.2, 0) is 14.6 Å². The fourth-order valence-corrected chi connectivity index (χ4v) is 3.24. The Balaban J connectivity index is 3.33. The van der Waals surface area contributed by atoms with Crippen molar-refractivity contribution in [2.75, 3.05) is 5.75 Å². The Morgan fingerprint density at radius 1 is 1.26 bits per heavy atom. The number of nitrogens with two attached hydrogens (primary N) is 1. The van der Waals surface area contributed by atoms with E-state index in [0.29, 0.717) is 11.1 Å².